The molecule has 0 spiro atoms. The molecule has 0 aliphatic carbocycles. The summed E-state index contributed by atoms with van der Waals surface area (Å²) in [6.45, 7) is 3.75. The van der Waals surface area contributed by atoms with E-state index in [0.29, 0.717) is 27.4 Å². The highest BCUT2D eigenvalue weighted by molar-refractivity contribution is 7.17. The van der Waals surface area contributed by atoms with Crippen molar-refractivity contribution >= 4 is 28.2 Å². The molecule has 0 atom stereocenters. The van der Waals surface area contributed by atoms with Gasteiger partial charge in [-0.15, -0.1) is 11.3 Å². The van der Waals surface area contributed by atoms with Crippen molar-refractivity contribution in [1.29, 1.82) is 0 Å². The summed E-state index contributed by atoms with van der Waals surface area (Å²) in [4.78, 5) is 26.3. The average Bonchev–Trinajstić information content (AvgIpc) is 3.04. The monoisotopic (exact) mass is 413 g/mol. The Labute approximate surface area is 172 Å². The zero-order valence-electron chi connectivity index (χ0n) is 16.2. The van der Waals surface area contributed by atoms with E-state index < -0.39 is 5.97 Å². The van der Waals surface area contributed by atoms with Crippen molar-refractivity contribution in [2.75, 3.05) is 19.0 Å². The molecule has 0 aliphatic heterocycles. The molecule has 2 aromatic carbocycles. The first-order valence-electron chi connectivity index (χ1n) is 8.96. The van der Waals surface area contributed by atoms with Crippen LogP contribution >= 0.6 is 11.3 Å². The number of rotatable bonds is 6. The number of halogens is 1. The van der Waals surface area contributed by atoms with Gasteiger partial charge in [-0.2, -0.15) is 0 Å². The Morgan fingerprint density at radius 3 is 2.52 bits per heavy atom. The molecule has 0 unspecified atom stereocenters. The van der Waals surface area contributed by atoms with Gasteiger partial charge < -0.3 is 14.8 Å². The van der Waals surface area contributed by atoms with Crippen LogP contribution in [0.4, 0.5) is 9.39 Å². The maximum Gasteiger partial charge on any atom is 0.341 e. The number of nitrogens with one attached hydrogen (secondary N) is 1. The number of amides is 1. The molecule has 0 bridgehead atoms. The second-order valence-electron chi connectivity index (χ2n) is 6.15. The molecule has 0 saturated carbocycles. The van der Waals surface area contributed by atoms with E-state index in [2.05, 4.69) is 5.32 Å². The van der Waals surface area contributed by atoms with Gasteiger partial charge in [-0.3, -0.25) is 4.79 Å². The molecule has 0 fully saturated rings. The summed E-state index contributed by atoms with van der Waals surface area (Å²) in [5.74, 6) is -0.734. The average molecular weight is 413 g/mol. The van der Waals surface area contributed by atoms with Crippen molar-refractivity contribution < 1.29 is 23.5 Å². The predicted octanol–water partition coefficient (Wildman–Crippen LogP) is 5.30. The quantitative estimate of drug-likeness (QED) is 0.557. The van der Waals surface area contributed by atoms with Crippen molar-refractivity contribution in [3.05, 3.63) is 70.4 Å². The summed E-state index contributed by atoms with van der Waals surface area (Å²) in [6, 6.07) is 12.6. The van der Waals surface area contributed by atoms with E-state index in [1.165, 1.54) is 30.6 Å². The lowest BCUT2D eigenvalue weighted by Gasteiger charge is -2.10. The number of aryl methyl sites for hydroxylation is 1. The van der Waals surface area contributed by atoms with Gasteiger partial charge >= 0.3 is 5.97 Å². The molecule has 3 aromatic rings. The Hall–Kier alpha value is -3.19. The Morgan fingerprint density at radius 1 is 1.14 bits per heavy atom. The SMILES string of the molecule is CCOC(=O)c1c(NC(=O)c2cccc(OC)c2)sc(C)c1-c1ccc(F)cc1. The predicted molar refractivity (Wildman–Crippen MR) is 111 cm³/mol. The van der Waals surface area contributed by atoms with Gasteiger partial charge in [-0.1, -0.05) is 18.2 Å². The third-order valence-corrected chi connectivity index (χ3v) is 5.28. The number of benzene rings is 2. The first kappa shape index (κ1) is 20.5. The fourth-order valence-corrected chi connectivity index (χ4v) is 3.99. The molecule has 1 amide bonds. The summed E-state index contributed by atoms with van der Waals surface area (Å²) >= 11 is 1.27. The minimum absolute atomic E-state index is 0.194. The first-order chi connectivity index (χ1) is 13.9. The summed E-state index contributed by atoms with van der Waals surface area (Å²) < 4.78 is 23.7. The second kappa shape index (κ2) is 8.87. The highest BCUT2D eigenvalue weighted by atomic mass is 32.1. The number of carbonyl (C=O) groups is 2. The van der Waals surface area contributed by atoms with Gasteiger partial charge in [-0.05, 0) is 49.7 Å². The molecule has 0 saturated heterocycles. The summed E-state index contributed by atoms with van der Waals surface area (Å²) in [7, 11) is 1.52. The molecule has 1 N–H and O–H groups in total. The summed E-state index contributed by atoms with van der Waals surface area (Å²) in [6.07, 6.45) is 0. The minimum atomic E-state index is -0.544. The van der Waals surface area contributed by atoms with E-state index in [4.69, 9.17) is 9.47 Å². The molecule has 3 rings (SSSR count). The van der Waals surface area contributed by atoms with Gasteiger partial charge in [0.2, 0.25) is 0 Å². The molecule has 7 heteroatoms. The number of hydrogen-bond acceptors (Lipinski definition) is 5. The van der Waals surface area contributed by atoms with Crippen LogP contribution in [0.1, 0.15) is 32.5 Å². The Morgan fingerprint density at radius 2 is 1.86 bits per heavy atom. The molecular formula is C22H20FNO4S. The maximum atomic E-state index is 13.4. The fourth-order valence-electron chi connectivity index (χ4n) is 2.93. The van der Waals surface area contributed by atoms with Crippen LogP contribution < -0.4 is 10.1 Å². The number of ether oxygens (including phenoxy) is 2. The lowest BCUT2D eigenvalue weighted by molar-refractivity contribution is 0.0529. The maximum absolute atomic E-state index is 13.4. The van der Waals surface area contributed by atoms with Gasteiger partial charge in [0.1, 0.15) is 22.1 Å². The molecule has 0 radical (unpaired) electrons. The minimum Gasteiger partial charge on any atom is -0.497 e. The second-order valence-corrected chi connectivity index (χ2v) is 7.38. The zero-order valence-corrected chi connectivity index (χ0v) is 17.1. The molecule has 150 valence electrons. The molecule has 1 aromatic heterocycles. The number of methoxy groups -OCH3 is 1. The van der Waals surface area contributed by atoms with Crippen molar-refractivity contribution in [3.63, 3.8) is 0 Å². The number of thiophene rings is 1. The van der Waals surface area contributed by atoms with Gasteiger partial charge in [0.05, 0.1) is 13.7 Å². The van der Waals surface area contributed by atoms with Gasteiger partial charge in [0, 0.05) is 16.0 Å². The molecule has 29 heavy (non-hydrogen) atoms. The van der Waals surface area contributed by atoms with Crippen LogP contribution in [0.25, 0.3) is 11.1 Å². The number of hydrogen-bond donors (Lipinski definition) is 1. The van der Waals surface area contributed by atoms with E-state index in [0.717, 1.165) is 4.88 Å². The highest BCUT2D eigenvalue weighted by Crippen LogP contribution is 2.40. The number of carbonyl (C=O) groups excluding carboxylic acids is 2. The molecule has 5 nitrogen and oxygen atoms in total. The van der Waals surface area contributed by atoms with E-state index >= 15 is 0 Å². The van der Waals surface area contributed by atoms with Crippen LogP contribution in [0, 0.1) is 12.7 Å². The van der Waals surface area contributed by atoms with Gasteiger partial charge in [0.15, 0.2) is 0 Å². The lowest BCUT2D eigenvalue weighted by Crippen LogP contribution is -2.15. The molecular weight excluding hydrogens is 393 g/mol. The van der Waals surface area contributed by atoms with Crippen LogP contribution in [0.3, 0.4) is 0 Å². The normalized spacial score (nSPS) is 10.5. The topological polar surface area (TPSA) is 64.6 Å². The van der Waals surface area contributed by atoms with E-state index in [9.17, 15) is 14.0 Å². The summed E-state index contributed by atoms with van der Waals surface area (Å²) in [5, 5.41) is 3.19. The first-order valence-corrected chi connectivity index (χ1v) is 9.78. The largest absolute Gasteiger partial charge is 0.497 e. The lowest BCUT2D eigenvalue weighted by atomic mass is 10.0. The van der Waals surface area contributed by atoms with Crippen LogP contribution in [-0.2, 0) is 4.74 Å². The zero-order chi connectivity index (χ0) is 21.0. The van der Waals surface area contributed by atoms with Gasteiger partial charge in [0.25, 0.3) is 5.91 Å². The molecule has 0 aliphatic rings. The Bertz CT molecular complexity index is 1040. The smallest absolute Gasteiger partial charge is 0.341 e. The fraction of sp³-hybridized carbons (Fsp3) is 0.182. The van der Waals surface area contributed by atoms with Gasteiger partial charge in [-0.25, -0.2) is 9.18 Å². The van der Waals surface area contributed by atoms with Crippen LogP contribution in [0.15, 0.2) is 48.5 Å². The number of anilines is 1. The third kappa shape index (κ3) is 4.46. The standard InChI is InChI=1S/C22H20FNO4S/c1-4-28-22(26)19-18(14-8-10-16(23)11-9-14)13(2)29-21(19)24-20(25)15-6-5-7-17(12-15)27-3/h5-12H,4H2,1-3H3,(H,24,25). The van der Waals surface area contributed by atoms with Crippen LogP contribution in [-0.4, -0.2) is 25.6 Å². The highest BCUT2D eigenvalue weighted by Gasteiger charge is 2.25. The van der Waals surface area contributed by atoms with Crippen LogP contribution in [0.2, 0.25) is 0 Å². The molecule has 1 heterocycles. The van der Waals surface area contributed by atoms with E-state index in [1.54, 1.807) is 43.3 Å². The van der Waals surface area contributed by atoms with E-state index in [1.807, 2.05) is 6.92 Å². The van der Waals surface area contributed by atoms with Crippen molar-refractivity contribution in [3.8, 4) is 16.9 Å². The summed E-state index contributed by atoms with van der Waals surface area (Å²) in [5.41, 5.74) is 1.95. The Kier molecular flexibility index (Phi) is 6.29. The van der Waals surface area contributed by atoms with Crippen molar-refractivity contribution in [1.82, 2.24) is 0 Å². The van der Waals surface area contributed by atoms with E-state index in [-0.39, 0.29) is 23.9 Å². The third-order valence-electron chi connectivity index (χ3n) is 4.26. The van der Waals surface area contributed by atoms with Crippen LogP contribution in [0.5, 0.6) is 5.75 Å². The number of esters is 1. The Balaban J connectivity index is 2.04. The van der Waals surface area contributed by atoms with Crippen molar-refractivity contribution in [2.24, 2.45) is 0 Å². The van der Waals surface area contributed by atoms with Crippen molar-refractivity contribution in [2.45, 2.75) is 13.8 Å².